The molecule has 0 bridgehead atoms. The van der Waals surface area contributed by atoms with Gasteiger partial charge >= 0.3 is 5.97 Å². The van der Waals surface area contributed by atoms with Crippen LogP contribution in [-0.4, -0.2) is 29.8 Å². The van der Waals surface area contributed by atoms with Crippen molar-refractivity contribution < 1.29 is 20.0 Å². The summed E-state index contributed by atoms with van der Waals surface area (Å²) in [6, 6.07) is 3.51. The van der Waals surface area contributed by atoms with Crippen LogP contribution in [0.15, 0.2) is 12.1 Å². The highest BCUT2D eigenvalue weighted by Gasteiger charge is 2.36. The molecule has 6 heteroatoms. The lowest BCUT2D eigenvalue weighted by Gasteiger charge is -2.34. The summed E-state index contributed by atoms with van der Waals surface area (Å²) >= 11 is 4.16. The van der Waals surface area contributed by atoms with Crippen LogP contribution in [0, 0.1) is 7.14 Å². The Balaban J connectivity index is 2.23. The zero-order valence-electron chi connectivity index (χ0n) is 11.3. The molecule has 1 aromatic rings. The quantitative estimate of drug-likeness (QED) is 0.493. The van der Waals surface area contributed by atoms with Gasteiger partial charge in [0.25, 0.3) is 0 Å². The molecule has 1 aliphatic heterocycles. The lowest BCUT2D eigenvalue weighted by Crippen LogP contribution is -2.88. The number of carbonyl (C=O) groups is 1. The van der Waals surface area contributed by atoms with E-state index in [0.29, 0.717) is 3.57 Å². The van der Waals surface area contributed by atoms with Crippen LogP contribution < -0.4 is 5.32 Å². The molecular formula is C14H18I2NO3+. The molecular weight excluding hydrogens is 484 g/mol. The minimum Gasteiger partial charge on any atom is -0.506 e. The second-order valence-corrected chi connectivity index (χ2v) is 7.48. The number of hydrogen-bond donors (Lipinski definition) is 2. The summed E-state index contributed by atoms with van der Waals surface area (Å²) in [5.41, 5.74) is -0.103. The third kappa shape index (κ3) is 3.56. The molecule has 1 saturated heterocycles. The van der Waals surface area contributed by atoms with Gasteiger partial charge in [0.05, 0.1) is 16.7 Å². The largest absolute Gasteiger partial charge is 0.506 e. The van der Waals surface area contributed by atoms with Gasteiger partial charge in [-0.05, 0) is 63.7 Å². The molecule has 1 fully saturated rings. The van der Waals surface area contributed by atoms with Gasteiger partial charge in [0.1, 0.15) is 16.9 Å². The zero-order valence-corrected chi connectivity index (χ0v) is 15.6. The molecule has 2 rings (SSSR count). The second kappa shape index (κ2) is 6.78. The Morgan fingerprint density at radius 3 is 2.65 bits per heavy atom. The van der Waals surface area contributed by atoms with E-state index in [0.717, 1.165) is 35.9 Å². The fourth-order valence-electron chi connectivity index (χ4n) is 2.50. The van der Waals surface area contributed by atoms with Gasteiger partial charge < -0.3 is 15.2 Å². The third-order valence-corrected chi connectivity index (χ3v) is 5.25. The number of hydrogen-bond acceptors (Lipinski definition) is 3. The maximum Gasteiger partial charge on any atom is 0.342 e. The fourth-order valence-corrected chi connectivity index (χ4v) is 4.35. The highest BCUT2D eigenvalue weighted by atomic mass is 127. The molecule has 0 radical (unpaired) electrons. The number of aromatic hydroxyl groups is 1. The summed E-state index contributed by atoms with van der Waals surface area (Å²) in [6.07, 6.45) is 2.56. The van der Waals surface area contributed by atoms with E-state index in [1.54, 1.807) is 6.07 Å². The Morgan fingerprint density at radius 2 is 2.05 bits per heavy atom. The molecule has 1 aromatic carbocycles. The molecule has 4 nitrogen and oxygen atoms in total. The number of phenols is 1. The number of benzene rings is 1. The van der Waals surface area contributed by atoms with Gasteiger partial charge in [-0.25, -0.2) is 4.79 Å². The summed E-state index contributed by atoms with van der Waals surface area (Å²) in [5.74, 6) is -0.396. The molecule has 110 valence electrons. The summed E-state index contributed by atoms with van der Waals surface area (Å²) in [5, 5.41) is 12.3. The number of esters is 1. The number of quaternary nitrogens is 1. The van der Waals surface area contributed by atoms with E-state index >= 15 is 0 Å². The molecule has 20 heavy (non-hydrogen) atoms. The standard InChI is InChI=1S/C14H17I2NO3/c1-2-14(3-5-17-6-4-14)20-13(19)10-7-9(15)8-11(16)12(10)18/h7-8,17-18H,2-6H2,1H3/p+1. The Hall–Kier alpha value is -0.0900. The Kier molecular flexibility index (Phi) is 5.52. The molecule has 0 amide bonds. The zero-order chi connectivity index (χ0) is 14.8. The molecule has 1 heterocycles. The normalized spacial score (nSPS) is 17.8. The van der Waals surface area contributed by atoms with E-state index in [1.807, 2.05) is 28.7 Å². The maximum absolute atomic E-state index is 12.4. The van der Waals surface area contributed by atoms with Crippen molar-refractivity contribution in [3.8, 4) is 5.75 Å². The van der Waals surface area contributed by atoms with Gasteiger partial charge in [-0.1, -0.05) is 6.92 Å². The van der Waals surface area contributed by atoms with Crippen molar-refractivity contribution in [3.63, 3.8) is 0 Å². The third-order valence-electron chi connectivity index (χ3n) is 3.81. The lowest BCUT2D eigenvalue weighted by atomic mass is 9.89. The SMILES string of the molecule is CCC1(OC(=O)c2cc(I)cc(I)c2O)CC[NH2+]CC1. The van der Waals surface area contributed by atoms with E-state index in [9.17, 15) is 9.90 Å². The summed E-state index contributed by atoms with van der Waals surface area (Å²) in [4.78, 5) is 12.4. The molecule has 0 spiro atoms. The first-order valence-corrected chi connectivity index (χ1v) is 8.86. The van der Waals surface area contributed by atoms with Crippen LogP contribution in [0.5, 0.6) is 5.75 Å². The van der Waals surface area contributed by atoms with E-state index in [2.05, 4.69) is 34.8 Å². The number of phenolic OH excluding ortho intramolecular Hbond substituents is 1. The number of halogens is 2. The van der Waals surface area contributed by atoms with Crippen molar-refractivity contribution in [2.24, 2.45) is 0 Å². The average molecular weight is 502 g/mol. The van der Waals surface area contributed by atoms with Crippen molar-refractivity contribution >= 4 is 51.2 Å². The van der Waals surface area contributed by atoms with Crippen molar-refractivity contribution in [1.82, 2.24) is 0 Å². The second-order valence-electron chi connectivity index (χ2n) is 5.08. The Bertz CT molecular complexity index is 513. The van der Waals surface area contributed by atoms with Gasteiger partial charge in [0.2, 0.25) is 0 Å². The number of ether oxygens (including phenoxy) is 1. The van der Waals surface area contributed by atoms with Crippen molar-refractivity contribution in [1.29, 1.82) is 0 Å². The van der Waals surface area contributed by atoms with Crippen LogP contribution in [0.2, 0.25) is 0 Å². The Labute approximate surface area is 145 Å². The maximum atomic E-state index is 12.4. The predicted molar refractivity (Wildman–Crippen MR) is 92.9 cm³/mol. The first-order chi connectivity index (χ1) is 9.47. The first kappa shape index (κ1) is 16.3. The van der Waals surface area contributed by atoms with Crippen molar-refractivity contribution in [2.45, 2.75) is 31.8 Å². The molecule has 0 saturated carbocycles. The highest BCUT2D eigenvalue weighted by Crippen LogP contribution is 2.31. The monoisotopic (exact) mass is 502 g/mol. The first-order valence-electron chi connectivity index (χ1n) is 6.70. The smallest absolute Gasteiger partial charge is 0.342 e. The molecule has 1 aliphatic rings. The highest BCUT2D eigenvalue weighted by molar-refractivity contribution is 14.1. The summed E-state index contributed by atoms with van der Waals surface area (Å²) < 4.78 is 7.37. The summed E-state index contributed by atoms with van der Waals surface area (Å²) in [7, 11) is 0. The van der Waals surface area contributed by atoms with Crippen LogP contribution in [0.25, 0.3) is 0 Å². The number of carbonyl (C=O) groups excluding carboxylic acids is 1. The van der Waals surface area contributed by atoms with Crippen molar-refractivity contribution in [2.75, 3.05) is 13.1 Å². The van der Waals surface area contributed by atoms with Gasteiger partial charge in [0.15, 0.2) is 0 Å². The topological polar surface area (TPSA) is 63.1 Å². The van der Waals surface area contributed by atoms with Crippen molar-refractivity contribution in [3.05, 3.63) is 24.8 Å². The summed E-state index contributed by atoms with van der Waals surface area (Å²) in [6.45, 7) is 4.02. The van der Waals surface area contributed by atoms with Crippen LogP contribution in [0.1, 0.15) is 36.5 Å². The van der Waals surface area contributed by atoms with Crippen LogP contribution >= 0.6 is 45.2 Å². The number of piperidine rings is 1. The van der Waals surface area contributed by atoms with E-state index < -0.39 is 5.97 Å². The average Bonchev–Trinajstić information content (AvgIpc) is 2.43. The van der Waals surface area contributed by atoms with E-state index in [4.69, 9.17) is 4.74 Å². The van der Waals surface area contributed by atoms with Crippen LogP contribution in [-0.2, 0) is 4.74 Å². The minimum absolute atomic E-state index is 0.0182. The molecule has 0 aliphatic carbocycles. The fraction of sp³-hybridized carbons (Fsp3) is 0.500. The van der Waals surface area contributed by atoms with E-state index in [1.165, 1.54) is 0 Å². The minimum atomic E-state index is -0.414. The van der Waals surface area contributed by atoms with Gasteiger partial charge in [-0.3, -0.25) is 0 Å². The van der Waals surface area contributed by atoms with Gasteiger partial charge in [-0.2, -0.15) is 0 Å². The molecule has 3 N–H and O–H groups in total. The van der Waals surface area contributed by atoms with Crippen LogP contribution in [0.3, 0.4) is 0 Å². The molecule has 0 unspecified atom stereocenters. The molecule has 0 atom stereocenters. The number of rotatable bonds is 3. The van der Waals surface area contributed by atoms with E-state index in [-0.39, 0.29) is 16.9 Å². The van der Waals surface area contributed by atoms with Gasteiger partial charge in [0, 0.05) is 16.4 Å². The van der Waals surface area contributed by atoms with Crippen LogP contribution in [0.4, 0.5) is 0 Å². The van der Waals surface area contributed by atoms with Gasteiger partial charge in [-0.15, -0.1) is 0 Å². The lowest BCUT2D eigenvalue weighted by molar-refractivity contribution is -0.668. The Morgan fingerprint density at radius 1 is 1.40 bits per heavy atom. The predicted octanol–water partition coefficient (Wildman–Crippen LogP) is 2.26. The molecule has 0 aromatic heterocycles. The number of nitrogens with two attached hydrogens (primary N) is 1.